The van der Waals surface area contributed by atoms with Crippen molar-refractivity contribution in [2.45, 2.75) is 24.9 Å². The number of methoxy groups -OCH3 is 3. The molecular formula is C19H22FN3O7. The van der Waals surface area contributed by atoms with Gasteiger partial charge in [-0.25, -0.2) is 9.18 Å². The first-order chi connectivity index (χ1) is 14.4. The van der Waals surface area contributed by atoms with Gasteiger partial charge in [0.2, 0.25) is 5.75 Å². The highest BCUT2D eigenvalue weighted by Gasteiger charge is 2.37. The zero-order chi connectivity index (χ0) is 21.8. The third-order valence-electron chi connectivity index (χ3n) is 4.61. The molecule has 1 fully saturated rings. The molecule has 0 unspecified atom stereocenters. The van der Waals surface area contributed by atoms with E-state index < -0.39 is 30.1 Å². The summed E-state index contributed by atoms with van der Waals surface area (Å²) in [5.41, 5.74) is -0.617. The van der Waals surface area contributed by atoms with Crippen molar-refractivity contribution in [3.63, 3.8) is 0 Å². The van der Waals surface area contributed by atoms with Crippen LogP contribution in [0.15, 0.2) is 29.2 Å². The third kappa shape index (κ3) is 4.21. The number of amides is 1. The van der Waals surface area contributed by atoms with E-state index in [-0.39, 0.29) is 35.9 Å². The van der Waals surface area contributed by atoms with Crippen LogP contribution in [-0.4, -0.2) is 60.8 Å². The number of benzene rings is 1. The molecule has 1 aromatic carbocycles. The third-order valence-corrected chi connectivity index (χ3v) is 4.61. The lowest BCUT2D eigenvalue weighted by molar-refractivity contribution is -0.0393. The van der Waals surface area contributed by atoms with Crippen molar-refractivity contribution in [1.29, 1.82) is 0 Å². The van der Waals surface area contributed by atoms with Crippen LogP contribution in [-0.2, 0) is 4.74 Å². The number of hydrogen-bond donors (Lipinski definition) is 2. The van der Waals surface area contributed by atoms with Crippen LogP contribution in [0.25, 0.3) is 0 Å². The highest BCUT2D eigenvalue weighted by Crippen LogP contribution is 2.38. The van der Waals surface area contributed by atoms with Crippen LogP contribution in [0.4, 0.5) is 10.2 Å². The monoisotopic (exact) mass is 423 g/mol. The standard InChI is InChI=1S/C19H22FN3O7/c1-27-13-6-10(7-14(28-2)16(13)29-3)17(25)21-15-4-5-23(19(26)22-15)18-12(20)8-11(9-24)30-18/h4-7,11-12,18,24H,8-9H2,1-3H3,(H,21,22,25,26)/t11-,12-,18+/m0/s1. The predicted molar refractivity (Wildman–Crippen MR) is 103 cm³/mol. The fourth-order valence-corrected chi connectivity index (χ4v) is 3.14. The van der Waals surface area contributed by atoms with E-state index in [1.807, 2.05) is 0 Å². The first kappa shape index (κ1) is 21.5. The van der Waals surface area contributed by atoms with Crippen LogP contribution in [0.2, 0.25) is 0 Å². The first-order valence-corrected chi connectivity index (χ1v) is 9.02. The van der Waals surface area contributed by atoms with Gasteiger partial charge in [-0.3, -0.25) is 9.36 Å². The van der Waals surface area contributed by atoms with E-state index in [4.69, 9.17) is 24.1 Å². The second-order valence-corrected chi connectivity index (χ2v) is 6.45. The SMILES string of the molecule is COc1cc(C(=O)Nc2ccn([C@@H]3O[C@H](CO)C[C@@H]3F)c(=O)n2)cc(OC)c1OC. The first-order valence-electron chi connectivity index (χ1n) is 9.02. The van der Waals surface area contributed by atoms with Crippen molar-refractivity contribution < 1.29 is 33.2 Å². The molecule has 162 valence electrons. The van der Waals surface area contributed by atoms with Crippen LogP contribution < -0.4 is 25.2 Å². The minimum Gasteiger partial charge on any atom is -0.493 e. The lowest BCUT2D eigenvalue weighted by atomic mass is 10.1. The molecule has 1 aliphatic rings. The molecule has 0 radical (unpaired) electrons. The Bertz CT molecular complexity index is 956. The zero-order valence-electron chi connectivity index (χ0n) is 16.6. The average molecular weight is 423 g/mol. The number of ether oxygens (including phenoxy) is 4. The van der Waals surface area contributed by atoms with E-state index in [9.17, 15) is 14.0 Å². The van der Waals surface area contributed by atoms with Gasteiger partial charge in [-0.2, -0.15) is 4.98 Å². The molecule has 3 atom stereocenters. The van der Waals surface area contributed by atoms with Crippen molar-refractivity contribution in [3.8, 4) is 17.2 Å². The van der Waals surface area contributed by atoms with Gasteiger partial charge < -0.3 is 29.4 Å². The molecule has 3 rings (SSSR count). The van der Waals surface area contributed by atoms with Crippen molar-refractivity contribution in [3.05, 3.63) is 40.4 Å². The summed E-state index contributed by atoms with van der Waals surface area (Å²) in [5.74, 6) is 0.310. The van der Waals surface area contributed by atoms with E-state index in [0.29, 0.717) is 5.75 Å². The van der Waals surface area contributed by atoms with Crippen LogP contribution in [0.1, 0.15) is 23.0 Å². The maximum Gasteiger partial charge on any atom is 0.351 e. The number of carbonyl (C=O) groups excluding carboxylic acids is 1. The maximum atomic E-state index is 14.1. The topological polar surface area (TPSA) is 121 Å². The summed E-state index contributed by atoms with van der Waals surface area (Å²) in [4.78, 5) is 28.7. The summed E-state index contributed by atoms with van der Waals surface area (Å²) in [6.45, 7) is -0.345. The van der Waals surface area contributed by atoms with Crippen LogP contribution in [0, 0.1) is 0 Å². The molecule has 11 heteroatoms. The molecule has 0 aliphatic carbocycles. The smallest absolute Gasteiger partial charge is 0.351 e. The number of hydrogen-bond acceptors (Lipinski definition) is 8. The number of aliphatic hydroxyl groups excluding tert-OH is 1. The summed E-state index contributed by atoms with van der Waals surface area (Å²) in [7, 11) is 4.29. The molecule has 2 heterocycles. The van der Waals surface area contributed by atoms with Gasteiger partial charge in [-0.1, -0.05) is 0 Å². The van der Waals surface area contributed by atoms with E-state index >= 15 is 0 Å². The largest absolute Gasteiger partial charge is 0.493 e. The second kappa shape index (κ2) is 9.09. The summed E-state index contributed by atoms with van der Waals surface area (Å²) in [5, 5.41) is 11.6. The summed E-state index contributed by atoms with van der Waals surface area (Å²) < 4.78 is 36.1. The van der Waals surface area contributed by atoms with E-state index in [0.717, 1.165) is 4.57 Å². The quantitative estimate of drug-likeness (QED) is 0.680. The van der Waals surface area contributed by atoms with Crippen molar-refractivity contribution in [2.75, 3.05) is 33.3 Å². The van der Waals surface area contributed by atoms with Crippen LogP contribution in [0.5, 0.6) is 17.2 Å². The molecule has 0 spiro atoms. The Kier molecular flexibility index (Phi) is 6.53. The average Bonchev–Trinajstić information content (AvgIpc) is 3.13. The molecule has 1 amide bonds. The number of aliphatic hydroxyl groups is 1. The van der Waals surface area contributed by atoms with Crippen LogP contribution in [0.3, 0.4) is 0 Å². The molecule has 1 aliphatic heterocycles. The molecule has 2 N–H and O–H groups in total. The Labute approximate surface area is 171 Å². The lowest BCUT2D eigenvalue weighted by Gasteiger charge is -2.16. The normalized spacial score (nSPS) is 20.6. The molecule has 1 aromatic heterocycles. The Balaban J connectivity index is 1.81. The maximum absolute atomic E-state index is 14.1. The van der Waals surface area contributed by atoms with Gasteiger partial charge >= 0.3 is 5.69 Å². The fourth-order valence-electron chi connectivity index (χ4n) is 3.14. The number of halogens is 1. The Hall–Kier alpha value is -3.18. The Morgan fingerprint density at radius 2 is 1.97 bits per heavy atom. The predicted octanol–water partition coefficient (Wildman–Crippen LogP) is 1.14. The molecule has 2 aromatic rings. The number of aromatic nitrogens is 2. The number of nitrogens with zero attached hydrogens (tertiary/aromatic N) is 2. The van der Waals surface area contributed by atoms with Crippen LogP contribution >= 0.6 is 0 Å². The van der Waals surface area contributed by atoms with E-state index in [1.54, 1.807) is 0 Å². The van der Waals surface area contributed by atoms with Gasteiger partial charge in [0.05, 0.1) is 34.0 Å². The minimum atomic E-state index is -1.46. The number of alkyl halides is 1. The zero-order valence-corrected chi connectivity index (χ0v) is 16.6. The van der Waals surface area contributed by atoms with Crippen molar-refractivity contribution >= 4 is 11.7 Å². The van der Waals surface area contributed by atoms with Gasteiger partial charge in [-0.15, -0.1) is 0 Å². The van der Waals surface area contributed by atoms with E-state index in [2.05, 4.69) is 10.3 Å². The molecule has 0 saturated carbocycles. The second-order valence-electron chi connectivity index (χ2n) is 6.45. The molecule has 30 heavy (non-hydrogen) atoms. The van der Waals surface area contributed by atoms with Gasteiger partial charge in [0.1, 0.15) is 12.0 Å². The summed E-state index contributed by atoms with van der Waals surface area (Å²) in [6.07, 6.45) is -2.07. The Morgan fingerprint density at radius 1 is 1.30 bits per heavy atom. The van der Waals surface area contributed by atoms with Crippen molar-refractivity contribution in [1.82, 2.24) is 9.55 Å². The Morgan fingerprint density at radius 3 is 2.47 bits per heavy atom. The van der Waals surface area contributed by atoms with Gasteiger partial charge in [0.15, 0.2) is 17.7 Å². The van der Waals surface area contributed by atoms with Gasteiger partial charge in [0, 0.05) is 18.2 Å². The highest BCUT2D eigenvalue weighted by molar-refractivity contribution is 6.04. The lowest BCUT2D eigenvalue weighted by Crippen LogP contribution is -2.31. The molecule has 1 saturated heterocycles. The number of nitrogens with one attached hydrogen (secondary N) is 1. The number of anilines is 1. The van der Waals surface area contributed by atoms with Gasteiger partial charge in [-0.05, 0) is 18.2 Å². The minimum absolute atomic E-state index is 0.0206. The van der Waals surface area contributed by atoms with Crippen molar-refractivity contribution in [2.24, 2.45) is 0 Å². The summed E-state index contributed by atoms with van der Waals surface area (Å²) >= 11 is 0. The number of carbonyl (C=O) groups is 1. The molecular weight excluding hydrogens is 401 g/mol. The molecule has 10 nitrogen and oxygen atoms in total. The number of rotatable bonds is 7. The summed E-state index contributed by atoms with van der Waals surface area (Å²) in [6, 6.07) is 4.25. The van der Waals surface area contributed by atoms with E-state index in [1.165, 1.54) is 45.7 Å². The molecule has 0 bridgehead atoms. The van der Waals surface area contributed by atoms with Gasteiger partial charge in [0.25, 0.3) is 5.91 Å². The fraction of sp³-hybridized carbons (Fsp3) is 0.421. The highest BCUT2D eigenvalue weighted by atomic mass is 19.1.